The molecule has 2 unspecified atom stereocenters. The van der Waals surface area contributed by atoms with Crippen molar-refractivity contribution in [3.05, 3.63) is 71.1 Å². The van der Waals surface area contributed by atoms with E-state index in [4.69, 9.17) is 4.74 Å². The van der Waals surface area contributed by atoms with Gasteiger partial charge in [0.25, 0.3) is 0 Å². The summed E-state index contributed by atoms with van der Waals surface area (Å²) in [7, 11) is 0. The molecule has 0 aliphatic carbocycles. The summed E-state index contributed by atoms with van der Waals surface area (Å²) in [4.78, 5) is 14.6. The predicted molar refractivity (Wildman–Crippen MR) is 118 cm³/mol. The number of aliphatic hydroxyl groups is 1. The van der Waals surface area contributed by atoms with Crippen LogP contribution in [0, 0.1) is 11.6 Å². The summed E-state index contributed by atoms with van der Waals surface area (Å²) in [6.07, 6.45) is 3.60. The number of aliphatic hydroxyl groups excluding tert-OH is 1. The van der Waals surface area contributed by atoms with E-state index in [-0.39, 0.29) is 24.0 Å². The van der Waals surface area contributed by atoms with Gasteiger partial charge in [-0.05, 0) is 42.0 Å². The Morgan fingerprint density at radius 3 is 2.65 bits per heavy atom. The smallest absolute Gasteiger partial charge is 0.410 e. The Balaban J connectivity index is 1.48. The monoisotopic (exact) mass is 445 g/mol. The lowest BCUT2D eigenvalue weighted by Crippen LogP contribution is -2.55. The molecule has 0 spiro atoms. The molecule has 2 aromatic carbocycles. The third-order valence-corrected chi connectivity index (χ3v) is 7.51. The van der Waals surface area contributed by atoms with Crippen molar-refractivity contribution in [1.29, 1.82) is 0 Å². The summed E-state index contributed by atoms with van der Waals surface area (Å²) in [5, 5.41) is 11.7. The van der Waals surface area contributed by atoms with Gasteiger partial charge < -0.3 is 14.7 Å². The summed E-state index contributed by atoms with van der Waals surface area (Å²) in [5.74, 6) is -1.22. The van der Waals surface area contributed by atoms with Crippen LogP contribution in [0.15, 0.2) is 53.9 Å². The van der Waals surface area contributed by atoms with E-state index in [9.17, 15) is 18.7 Å². The number of nitrogens with zero attached hydrogens (tertiary/aromatic N) is 1. The van der Waals surface area contributed by atoms with Crippen molar-refractivity contribution < 1.29 is 23.4 Å². The van der Waals surface area contributed by atoms with Crippen molar-refractivity contribution in [1.82, 2.24) is 4.90 Å². The van der Waals surface area contributed by atoms with Gasteiger partial charge in [-0.15, -0.1) is 11.8 Å². The molecule has 2 heterocycles. The Morgan fingerprint density at radius 1 is 1.26 bits per heavy atom. The fraction of sp³-hybridized carbons (Fsp3) is 0.375. The molecule has 1 amide bonds. The minimum absolute atomic E-state index is 0.0265. The van der Waals surface area contributed by atoms with Gasteiger partial charge in [-0.25, -0.2) is 13.6 Å². The van der Waals surface area contributed by atoms with Gasteiger partial charge in [-0.1, -0.05) is 30.3 Å². The molecular formula is C24H25F2NO3S. The third-order valence-electron chi connectivity index (χ3n) is 6.21. The molecule has 1 N–H and O–H groups in total. The van der Waals surface area contributed by atoms with E-state index in [1.807, 2.05) is 24.5 Å². The number of benzene rings is 2. The van der Waals surface area contributed by atoms with E-state index < -0.39 is 17.2 Å². The quantitative estimate of drug-likeness (QED) is 0.622. The Bertz CT molecular complexity index is 973. The second-order valence-electron chi connectivity index (χ2n) is 8.00. The van der Waals surface area contributed by atoms with E-state index >= 15 is 0 Å². The van der Waals surface area contributed by atoms with Crippen LogP contribution in [0.3, 0.4) is 0 Å². The Hall–Kier alpha value is -2.38. The van der Waals surface area contributed by atoms with Gasteiger partial charge in [0.05, 0.1) is 11.3 Å². The molecule has 0 bridgehead atoms. The normalized spacial score (nSPS) is 24.3. The molecule has 3 atom stereocenters. The minimum Gasteiger partial charge on any atom is -0.441 e. The summed E-state index contributed by atoms with van der Waals surface area (Å²) < 4.78 is 33.2. The average Bonchev–Trinajstić information content (AvgIpc) is 3.30. The van der Waals surface area contributed by atoms with Crippen molar-refractivity contribution >= 4 is 17.9 Å². The zero-order chi connectivity index (χ0) is 22.0. The lowest BCUT2D eigenvalue weighted by Gasteiger charge is -2.45. The maximum absolute atomic E-state index is 14.1. The van der Waals surface area contributed by atoms with Crippen LogP contribution in [0.25, 0.3) is 11.1 Å². The first-order valence-electron chi connectivity index (χ1n) is 10.4. The predicted octanol–water partition coefficient (Wildman–Crippen LogP) is 5.68. The highest BCUT2D eigenvalue weighted by Crippen LogP contribution is 2.43. The van der Waals surface area contributed by atoms with E-state index in [0.717, 1.165) is 18.1 Å². The topological polar surface area (TPSA) is 49.8 Å². The zero-order valence-corrected chi connectivity index (χ0v) is 18.1. The highest BCUT2D eigenvalue weighted by molar-refractivity contribution is 8.03. The van der Waals surface area contributed by atoms with Gasteiger partial charge in [0, 0.05) is 37.6 Å². The fourth-order valence-corrected chi connectivity index (χ4v) is 5.52. The standard InChI is InChI=1S/C24H25F2NO3S/c1-16(17-4-6-18(7-5-17)20-9-8-19(25)15-21(20)26)27-12-10-24(11-13-28,30-23(27)29)22-3-2-14-31-22/h2,4-9,14-16,22,28H,3,10-13H2,1H3/t16-,22?,24?/m0/s1. The van der Waals surface area contributed by atoms with Crippen LogP contribution in [-0.4, -0.2) is 40.1 Å². The van der Waals surface area contributed by atoms with Crippen molar-refractivity contribution in [2.75, 3.05) is 13.2 Å². The van der Waals surface area contributed by atoms with Gasteiger partial charge >= 0.3 is 6.09 Å². The molecule has 31 heavy (non-hydrogen) atoms. The molecular weight excluding hydrogens is 420 g/mol. The number of thioether (sulfide) groups is 1. The van der Waals surface area contributed by atoms with Crippen molar-refractivity contribution in [2.45, 2.75) is 43.1 Å². The zero-order valence-electron chi connectivity index (χ0n) is 17.3. The number of rotatable bonds is 6. The van der Waals surface area contributed by atoms with Crippen LogP contribution in [-0.2, 0) is 4.74 Å². The molecule has 0 saturated carbocycles. The van der Waals surface area contributed by atoms with Crippen molar-refractivity contribution in [3.8, 4) is 11.1 Å². The molecule has 4 rings (SSSR count). The van der Waals surface area contributed by atoms with Crippen LogP contribution in [0.2, 0.25) is 0 Å². The number of carbonyl (C=O) groups excluding carboxylic acids is 1. The molecule has 164 valence electrons. The maximum Gasteiger partial charge on any atom is 0.410 e. The number of halogens is 2. The number of cyclic esters (lactones) is 1. The molecule has 2 aliphatic rings. The van der Waals surface area contributed by atoms with Crippen molar-refractivity contribution in [3.63, 3.8) is 0 Å². The van der Waals surface area contributed by atoms with Gasteiger partial charge in [0.2, 0.25) is 0 Å². The first-order valence-corrected chi connectivity index (χ1v) is 11.3. The first kappa shape index (κ1) is 21.8. The third kappa shape index (κ3) is 4.34. The van der Waals surface area contributed by atoms with Crippen LogP contribution < -0.4 is 0 Å². The fourth-order valence-electron chi connectivity index (χ4n) is 4.36. The van der Waals surface area contributed by atoms with E-state index in [0.29, 0.717) is 30.5 Å². The van der Waals surface area contributed by atoms with Gasteiger partial charge in [-0.3, -0.25) is 0 Å². The van der Waals surface area contributed by atoms with Crippen LogP contribution in [0.5, 0.6) is 0 Å². The summed E-state index contributed by atoms with van der Waals surface area (Å²) in [6, 6.07) is 10.5. The molecule has 1 saturated heterocycles. The lowest BCUT2D eigenvalue weighted by atomic mass is 9.88. The Morgan fingerprint density at radius 2 is 2.03 bits per heavy atom. The number of allylic oxidation sites excluding steroid dienone is 1. The molecule has 1 fully saturated rings. The SMILES string of the molecule is C[C@@H](c1ccc(-c2ccc(F)cc2F)cc1)N1CCC(CCO)(C2CC=CS2)OC1=O. The van der Waals surface area contributed by atoms with Gasteiger partial charge in [0.1, 0.15) is 17.2 Å². The highest BCUT2D eigenvalue weighted by Gasteiger charge is 2.47. The van der Waals surface area contributed by atoms with Gasteiger partial charge in [-0.2, -0.15) is 0 Å². The average molecular weight is 446 g/mol. The van der Waals surface area contributed by atoms with E-state index in [1.165, 1.54) is 12.1 Å². The maximum atomic E-state index is 14.1. The number of carbonyl (C=O) groups is 1. The lowest BCUT2D eigenvalue weighted by molar-refractivity contribution is -0.0671. The Labute approximate surface area is 184 Å². The number of hydrogen-bond acceptors (Lipinski definition) is 4. The summed E-state index contributed by atoms with van der Waals surface area (Å²) in [6.45, 7) is 2.44. The largest absolute Gasteiger partial charge is 0.441 e. The second kappa shape index (κ2) is 9.01. The van der Waals surface area contributed by atoms with Crippen LogP contribution in [0.1, 0.15) is 37.8 Å². The first-order chi connectivity index (χ1) is 14.9. The number of amides is 1. The molecule has 4 nitrogen and oxygen atoms in total. The minimum atomic E-state index is -0.653. The van der Waals surface area contributed by atoms with E-state index in [1.54, 1.807) is 28.8 Å². The number of hydrogen-bond donors (Lipinski definition) is 1. The Kier molecular flexibility index (Phi) is 6.34. The molecule has 7 heteroatoms. The summed E-state index contributed by atoms with van der Waals surface area (Å²) in [5.41, 5.74) is 1.21. The van der Waals surface area contributed by atoms with Crippen LogP contribution >= 0.6 is 11.8 Å². The number of ether oxygens (including phenoxy) is 1. The van der Waals surface area contributed by atoms with Gasteiger partial charge in [0.15, 0.2) is 0 Å². The molecule has 2 aromatic rings. The molecule has 0 aromatic heterocycles. The molecule has 0 radical (unpaired) electrons. The molecule has 2 aliphatic heterocycles. The van der Waals surface area contributed by atoms with E-state index in [2.05, 4.69) is 6.08 Å². The van der Waals surface area contributed by atoms with Crippen molar-refractivity contribution in [2.24, 2.45) is 0 Å². The van der Waals surface area contributed by atoms with Crippen LogP contribution in [0.4, 0.5) is 13.6 Å². The second-order valence-corrected chi connectivity index (χ2v) is 9.12. The highest BCUT2D eigenvalue weighted by atomic mass is 32.2. The summed E-state index contributed by atoms with van der Waals surface area (Å²) >= 11 is 1.66.